The molecule has 0 fully saturated rings. The van der Waals surface area contributed by atoms with E-state index in [4.69, 9.17) is 9.42 Å². The molecule has 0 rings (SSSR count). The molecule has 0 aromatic rings. The van der Waals surface area contributed by atoms with Crippen LogP contribution in [0.1, 0.15) is 21.7 Å². The van der Waals surface area contributed by atoms with E-state index in [2.05, 4.69) is 24.1 Å². The van der Waals surface area contributed by atoms with Crippen LogP contribution in [0.3, 0.4) is 0 Å². The third-order valence-electron chi connectivity index (χ3n) is 0.892. The molecular formula is C4H12NaO2PS2. The SMILES string of the molecule is CCC(C)OP(O)(=S)S.[H-].[Na+]. The normalized spacial score (nSPS) is 18.8. The predicted molar refractivity (Wildman–Crippen MR) is 47.4 cm³/mol. The third kappa shape index (κ3) is 9.92. The molecule has 0 spiro atoms. The first-order valence-electron chi connectivity index (χ1n) is 2.69. The Labute approximate surface area is 95.8 Å². The van der Waals surface area contributed by atoms with Crippen LogP contribution in [0.5, 0.6) is 0 Å². The number of rotatable bonds is 3. The molecule has 58 valence electrons. The summed E-state index contributed by atoms with van der Waals surface area (Å²) in [5, 5.41) is 0. The first-order chi connectivity index (χ1) is 3.95. The molecule has 10 heavy (non-hydrogen) atoms. The van der Waals surface area contributed by atoms with E-state index in [0.717, 1.165) is 6.42 Å². The zero-order chi connectivity index (χ0) is 7.49. The van der Waals surface area contributed by atoms with Gasteiger partial charge in [0.15, 0.2) is 0 Å². The molecule has 1 N–H and O–H groups in total. The van der Waals surface area contributed by atoms with Gasteiger partial charge in [-0.2, -0.15) is 0 Å². The van der Waals surface area contributed by atoms with Gasteiger partial charge < -0.3 is 10.8 Å². The molecule has 0 aliphatic heterocycles. The maximum Gasteiger partial charge on any atom is 1.00 e. The van der Waals surface area contributed by atoms with E-state index < -0.39 is 5.69 Å². The van der Waals surface area contributed by atoms with Crippen LogP contribution in [0.25, 0.3) is 0 Å². The van der Waals surface area contributed by atoms with Gasteiger partial charge in [-0.15, -0.1) is 0 Å². The van der Waals surface area contributed by atoms with Crippen molar-refractivity contribution >= 4 is 29.7 Å². The van der Waals surface area contributed by atoms with Crippen LogP contribution in [-0.4, -0.2) is 11.0 Å². The van der Waals surface area contributed by atoms with Gasteiger partial charge in [0.1, 0.15) is 0 Å². The largest absolute Gasteiger partial charge is 1.00 e. The van der Waals surface area contributed by atoms with Crippen LogP contribution < -0.4 is 29.6 Å². The Morgan fingerprint density at radius 1 is 1.90 bits per heavy atom. The first-order valence-corrected chi connectivity index (χ1v) is 6.52. The van der Waals surface area contributed by atoms with Crippen molar-refractivity contribution in [2.75, 3.05) is 0 Å². The minimum absolute atomic E-state index is 0. The van der Waals surface area contributed by atoms with Gasteiger partial charge >= 0.3 is 29.6 Å². The van der Waals surface area contributed by atoms with E-state index in [0.29, 0.717) is 0 Å². The Morgan fingerprint density at radius 2 is 2.30 bits per heavy atom. The van der Waals surface area contributed by atoms with Gasteiger partial charge in [-0.1, -0.05) is 19.2 Å². The molecule has 6 heteroatoms. The molecule has 0 saturated heterocycles. The fourth-order valence-corrected chi connectivity index (χ4v) is 1.85. The quantitative estimate of drug-likeness (QED) is 0.358. The molecule has 2 nitrogen and oxygen atoms in total. The Balaban J connectivity index is -0.000000320. The molecule has 0 aliphatic carbocycles. The molecule has 0 bridgehead atoms. The van der Waals surface area contributed by atoms with E-state index in [1.165, 1.54) is 0 Å². The van der Waals surface area contributed by atoms with Crippen LogP contribution in [0.15, 0.2) is 0 Å². The van der Waals surface area contributed by atoms with E-state index in [1.807, 2.05) is 13.8 Å². The van der Waals surface area contributed by atoms with Crippen LogP contribution in [0.4, 0.5) is 0 Å². The number of hydrogen-bond acceptors (Lipinski definition) is 2. The fraction of sp³-hybridized carbons (Fsp3) is 1.00. The minimum Gasteiger partial charge on any atom is -1.00 e. The molecular weight excluding hydrogens is 198 g/mol. The van der Waals surface area contributed by atoms with Crippen molar-refractivity contribution in [2.45, 2.75) is 26.4 Å². The van der Waals surface area contributed by atoms with Gasteiger partial charge in [-0.05, 0) is 25.2 Å². The van der Waals surface area contributed by atoms with Gasteiger partial charge in [0, 0.05) is 0 Å². The van der Waals surface area contributed by atoms with Crippen LogP contribution in [0.2, 0.25) is 0 Å². The van der Waals surface area contributed by atoms with Gasteiger partial charge in [-0.3, -0.25) is 0 Å². The Kier molecular flexibility index (Phi) is 9.30. The monoisotopic (exact) mass is 210 g/mol. The molecule has 0 aliphatic rings. The van der Waals surface area contributed by atoms with Crippen LogP contribution >= 0.6 is 17.9 Å². The Bertz CT molecular complexity index is 131. The van der Waals surface area contributed by atoms with Crippen molar-refractivity contribution in [1.29, 1.82) is 0 Å². The van der Waals surface area contributed by atoms with Crippen molar-refractivity contribution in [3.63, 3.8) is 0 Å². The molecule has 0 aromatic carbocycles. The molecule has 0 amide bonds. The van der Waals surface area contributed by atoms with E-state index in [1.54, 1.807) is 0 Å². The zero-order valence-corrected chi connectivity index (χ0v) is 11.0. The molecule has 2 atom stereocenters. The second-order valence-corrected chi connectivity index (χ2v) is 6.93. The smallest absolute Gasteiger partial charge is 1.00 e. The number of hydrogen-bond donors (Lipinski definition) is 2. The van der Waals surface area contributed by atoms with Gasteiger partial charge in [0.05, 0.1) is 6.10 Å². The molecule has 0 saturated carbocycles. The summed E-state index contributed by atoms with van der Waals surface area (Å²) in [6.07, 6.45) is 0.859. The second kappa shape index (κ2) is 6.44. The maximum atomic E-state index is 8.89. The summed E-state index contributed by atoms with van der Waals surface area (Å²) < 4.78 is 4.93. The van der Waals surface area contributed by atoms with Gasteiger partial charge in [0.2, 0.25) is 5.69 Å². The first kappa shape index (κ1) is 14.4. The summed E-state index contributed by atoms with van der Waals surface area (Å²) in [7, 11) is 0. The van der Waals surface area contributed by atoms with Crippen molar-refractivity contribution < 1.29 is 40.4 Å². The van der Waals surface area contributed by atoms with Crippen LogP contribution in [-0.2, 0) is 16.3 Å². The summed E-state index contributed by atoms with van der Waals surface area (Å²) in [4.78, 5) is 8.89. The Morgan fingerprint density at radius 3 is 2.40 bits per heavy atom. The van der Waals surface area contributed by atoms with E-state index in [-0.39, 0.29) is 37.1 Å². The van der Waals surface area contributed by atoms with Crippen molar-refractivity contribution in [3.8, 4) is 0 Å². The van der Waals surface area contributed by atoms with Crippen molar-refractivity contribution in [3.05, 3.63) is 0 Å². The predicted octanol–water partition coefficient (Wildman–Crippen LogP) is -0.935. The van der Waals surface area contributed by atoms with E-state index in [9.17, 15) is 0 Å². The maximum absolute atomic E-state index is 8.89. The van der Waals surface area contributed by atoms with Gasteiger partial charge in [0.25, 0.3) is 0 Å². The van der Waals surface area contributed by atoms with Gasteiger partial charge in [-0.25, -0.2) is 0 Å². The average molecular weight is 210 g/mol. The average Bonchev–Trinajstić information content (AvgIpc) is 1.62. The summed E-state index contributed by atoms with van der Waals surface area (Å²) in [6.45, 7) is 3.82. The summed E-state index contributed by atoms with van der Waals surface area (Å²) >= 11 is 8.24. The fourth-order valence-electron chi connectivity index (χ4n) is 0.309. The molecule has 0 heterocycles. The van der Waals surface area contributed by atoms with Crippen LogP contribution in [0, 0.1) is 0 Å². The summed E-state index contributed by atoms with van der Waals surface area (Å²) in [5.41, 5.74) is -2.71. The zero-order valence-electron chi connectivity index (χ0n) is 7.44. The standard InChI is InChI=1S/C4H11O2PS2.Na.H/c1-3-4(2)6-7(5,8)9;;/h4H,3H2,1-2H3,(H2,5,8,9);;/q;+1;-1. The van der Waals surface area contributed by atoms with Crippen molar-refractivity contribution in [1.82, 2.24) is 0 Å². The van der Waals surface area contributed by atoms with E-state index >= 15 is 0 Å². The number of thiol groups is 1. The van der Waals surface area contributed by atoms with Crippen molar-refractivity contribution in [2.24, 2.45) is 0 Å². The molecule has 0 radical (unpaired) electrons. The summed E-state index contributed by atoms with van der Waals surface area (Å²) in [5.74, 6) is 0. The molecule has 2 unspecified atom stereocenters. The molecule has 0 aromatic heterocycles. The summed E-state index contributed by atoms with van der Waals surface area (Å²) in [6, 6.07) is 0. The third-order valence-corrected chi connectivity index (χ3v) is 2.07. The second-order valence-electron chi connectivity index (χ2n) is 1.81. The Hall–Kier alpha value is 1.92. The topological polar surface area (TPSA) is 29.5 Å². The minimum atomic E-state index is -2.71.